The maximum absolute atomic E-state index is 14.3. The van der Waals surface area contributed by atoms with Crippen LogP contribution in [0.15, 0.2) is 36.4 Å². The molecule has 1 fully saturated rings. The van der Waals surface area contributed by atoms with Crippen molar-refractivity contribution in [2.24, 2.45) is 5.92 Å². The van der Waals surface area contributed by atoms with Gasteiger partial charge in [0.1, 0.15) is 23.2 Å². The first-order chi connectivity index (χ1) is 12.3. The number of nitrogens with one attached hydrogen (secondary N) is 1. The Hall–Kier alpha value is -2.63. The maximum atomic E-state index is 14.3. The molecule has 0 saturated carbocycles. The molecule has 1 aliphatic heterocycles. The standard InChI is InChI=1S/C20H18F3NO2/c1-11-6-19(23)15(9-18(11)22)17-10-24-20(26)16(17)8-14(25)7-12-2-4-13(21)5-3-12/h2-6,9,16-17H,7-8,10H2,1H3,(H,24,26)/t16-,17-/m0/s1. The summed E-state index contributed by atoms with van der Waals surface area (Å²) in [6, 6.07) is 7.75. The van der Waals surface area contributed by atoms with Crippen LogP contribution in [0.1, 0.15) is 29.0 Å². The van der Waals surface area contributed by atoms with Gasteiger partial charge in [-0.25, -0.2) is 13.2 Å². The van der Waals surface area contributed by atoms with E-state index < -0.39 is 29.3 Å². The first-order valence-corrected chi connectivity index (χ1v) is 8.34. The third-order valence-corrected chi connectivity index (χ3v) is 4.76. The number of halogens is 3. The second-order valence-electron chi connectivity index (χ2n) is 6.63. The Morgan fingerprint density at radius 2 is 1.81 bits per heavy atom. The van der Waals surface area contributed by atoms with E-state index in [9.17, 15) is 22.8 Å². The van der Waals surface area contributed by atoms with Gasteiger partial charge in [-0.2, -0.15) is 0 Å². The number of aryl methyl sites for hydroxylation is 1. The van der Waals surface area contributed by atoms with E-state index in [0.29, 0.717) is 5.56 Å². The Kier molecular flexibility index (Phi) is 5.11. The quantitative estimate of drug-likeness (QED) is 0.887. The minimum Gasteiger partial charge on any atom is -0.355 e. The van der Waals surface area contributed by atoms with Gasteiger partial charge in [0, 0.05) is 25.3 Å². The smallest absolute Gasteiger partial charge is 0.224 e. The second-order valence-corrected chi connectivity index (χ2v) is 6.63. The maximum Gasteiger partial charge on any atom is 0.224 e. The summed E-state index contributed by atoms with van der Waals surface area (Å²) in [6.45, 7) is 1.62. The highest BCUT2D eigenvalue weighted by atomic mass is 19.1. The first-order valence-electron chi connectivity index (χ1n) is 8.34. The minimum atomic E-state index is -0.750. The Balaban J connectivity index is 1.77. The van der Waals surface area contributed by atoms with Gasteiger partial charge in [-0.1, -0.05) is 12.1 Å². The van der Waals surface area contributed by atoms with Crippen molar-refractivity contribution in [3.8, 4) is 0 Å². The Bertz CT molecular complexity index is 849. The van der Waals surface area contributed by atoms with E-state index in [-0.39, 0.29) is 42.2 Å². The van der Waals surface area contributed by atoms with Crippen molar-refractivity contribution in [1.29, 1.82) is 0 Å². The number of ketones is 1. The Labute approximate surface area is 149 Å². The first kappa shape index (κ1) is 18.2. The van der Waals surface area contributed by atoms with E-state index in [0.717, 1.165) is 12.1 Å². The summed E-state index contributed by atoms with van der Waals surface area (Å²) in [7, 11) is 0. The number of rotatable bonds is 5. The van der Waals surface area contributed by atoms with Gasteiger partial charge in [0.2, 0.25) is 5.91 Å². The molecule has 0 bridgehead atoms. The van der Waals surface area contributed by atoms with Crippen molar-refractivity contribution in [3.63, 3.8) is 0 Å². The van der Waals surface area contributed by atoms with Gasteiger partial charge in [-0.3, -0.25) is 9.59 Å². The van der Waals surface area contributed by atoms with Gasteiger partial charge < -0.3 is 5.32 Å². The number of carbonyl (C=O) groups is 2. The Morgan fingerprint density at radius 1 is 1.12 bits per heavy atom. The SMILES string of the molecule is Cc1cc(F)c([C@@H]2CNC(=O)[C@H]2CC(=O)Cc2ccc(F)cc2)cc1F. The molecule has 6 heteroatoms. The predicted octanol–water partition coefficient (Wildman–Crippen LogP) is 3.44. The van der Waals surface area contributed by atoms with E-state index in [1.165, 1.54) is 31.2 Å². The predicted molar refractivity (Wildman–Crippen MR) is 90.1 cm³/mol. The van der Waals surface area contributed by atoms with Crippen LogP contribution in [0, 0.1) is 30.3 Å². The highest BCUT2D eigenvalue weighted by Crippen LogP contribution is 2.34. The van der Waals surface area contributed by atoms with Crippen LogP contribution >= 0.6 is 0 Å². The van der Waals surface area contributed by atoms with E-state index in [4.69, 9.17) is 0 Å². The van der Waals surface area contributed by atoms with Crippen molar-refractivity contribution in [2.45, 2.75) is 25.7 Å². The molecule has 1 heterocycles. The molecule has 2 atom stereocenters. The van der Waals surface area contributed by atoms with Gasteiger partial charge in [-0.05, 0) is 47.9 Å². The lowest BCUT2D eigenvalue weighted by Gasteiger charge is -2.18. The molecular formula is C20H18F3NO2. The molecule has 0 spiro atoms. The molecule has 136 valence electrons. The van der Waals surface area contributed by atoms with Gasteiger partial charge in [0.05, 0.1) is 5.92 Å². The van der Waals surface area contributed by atoms with Crippen molar-refractivity contribution in [2.75, 3.05) is 6.54 Å². The third kappa shape index (κ3) is 3.79. The average molecular weight is 361 g/mol. The van der Waals surface area contributed by atoms with Crippen molar-refractivity contribution < 1.29 is 22.8 Å². The highest BCUT2D eigenvalue weighted by molar-refractivity contribution is 5.90. The van der Waals surface area contributed by atoms with Crippen LogP contribution in [0.2, 0.25) is 0 Å². The highest BCUT2D eigenvalue weighted by Gasteiger charge is 2.38. The zero-order chi connectivity index (χ0) is 18.8. The van der Waals surface area contributed by atoms with Crippen LogP contribution < -0.4 is 5.32 Å². The molecule has 1 saturated heterocycles. The summed E-state index contributed by atoms with van der Waals surface area (Å²) in [5, 5.41) is 2.63. The molecule has 1 aliphatic rings. The van der Waals surface area contributed by atoms with Crippen LogP contribution in [0.25, 0.3) is 0 Å². The summed E-state index contributed by atoms with van der Waals surface area (Å²) < 4.78 is 41.1. The molecule has 0 unspecified atom stereocenters. The van der Waals surface area contributed by atoms with Gasteiger partial charge >= 0.3 is 0 Å². The minimum absolute atomic E-state index is 0.0571. The van der Waals surface area contributed by atoms with Gasteiger partial charge in [0.25, 0.3) is 0 Å². The molecule has 2 aromatic carbocycles. The van der Waals surface area contributed by atoms with Crippen LogP contribution in [-0.2, 0) is 16.0 Å². The summed E-state index contributed by atoms with van der Waals surface area (Å²) >= 11 is 0. The zero-order valence-electron chi connectivity index (χ0n) is 14.2. The second kappa shape index (κ2) is 7.32. The summed E-state index contributed by atoms with van der Waals surface area (Å²) in [4.78, 5) is 24.5. The largest absolute Gasteiger partial charge is 0.355 e. The van der Waals surface area contributed by atoms with Crippen molar-refractivity contribution in [3.05, 3.63) is 70.5 Å². The molecular weight excluding hydrogens is 343 g/mol. The van der Waals surface area contributed by atoms with E-state index in [1.807, 2.05) is 0 Å². The van der Waals surface area contributed by atoms with E-state index in [2.05, 4.69) is 5.32 Å². The van der Waals surface area contributed by atoms with Gasteiger partial charge in [-0.15, -0.1) is 0 Å². The number of carbonyl (C=O) groups excluding carboxylic acids is 2. The number of benzene rings is 2. The number of hydrogen-bond donors (Lipinski definition) is 1. The topological polar surface area (TPSA) is 46.2 Å². The monoisotopic (exact) mass is 361 g/mol. The molecule has 26 heavy (non-hydrogen) atoms. The molecule has 0 aliphatic carbocycles. The fourth-order valence-corrected chi connectivity index (χ4v) is 3.32. The molecule has 2 aromatic rings. The molecule has 1 N–H and O–H groups in total. The molecule has 0 radical (unpaired) electrons. The van der Waals surface area contributed by atoms with E-state index in [1.54, 1.807) is 0 Å². The van der Waals surface area contributed by atoms with Crippen molar-refractivity contribution >= 4 is 11.7 Å². The van der Waals surface area contributed by atoms with Gasteiger partial charge in [0.15, 0.2) is 0 Å². The number of hydrogen-bond acceptors (Lipinski definition) is 2. The van der Waals surface area contributed by atoms with Crippen LogP contribution in [0.3, 0.4) is 0 Å². The van der Waals surface area contributed by atoms with Crippen LogP contribution in [0.4, 0.5) is 13.2 Å². The molecule has 1 amide bonds. The van der Waals surface area contributed by atoms with Crippen LogP contribution in [0.5, 0.6) is 0 Å². The zero-order valence-corrected chi connectivity index (χ0v) is 14.2. The lowest BCUT2D eigenvalue weighted by atomic mass is 9.84. The average Bonchev–Trinajstić information content (AvgIpc) is 2.94. The molecule has 3 nitrogen and oxygen atoms in total. The van der Waals surface area contributed by atoms with E-state index >= 15 is 0 Å². The number of amides is 1. The fourth-order valence-electron chi connectivity index (χ4n) is 3.32. The normalized spacial score (nSPS) is 19.5. The molecule has 3 rings (SSSR count). The number of Topliss-reactive ketones (excluding diaryl/α,β-unsaturated/α-hetero) is 1. The summed E-state index contributed by atoms with van der Waals surface area (Å²) in [5.74, 6) is -3.43. The Morgan fingerprint density at radius 3 is 2.50 bits per heavy atom. The summed E-state index contributed by atoms with van der Waals surface area (Å²) in [6.07, 6.45) is -0.0235. The molecule has 0 aromatic heterocycles. The summed E-state index contributed by atoms with van der Waals surface area (Å²) in [5.41, 5.74) is 0.928. The lowest BCUT2D eigenvalue weighted by molar-refractivity contribution is -0.127. The third-order valence-electron chi connectivity index (χ3n) is 4.76. The van der Waals surface area contributed by atoms with Crippen LogP contribution in [-0.4, -0.2) is 18.2 Å². The van der Waals surface area contributed by atoms with Crippen molar-refractivity contribution in [1.82, 2.24) is 5.32 Å². The lowest BCUT2D eigenvalue weighted by Crippen LogP contribution is -2.23. The fraction of sp³-hybridized carbons (Fsp3) is 0.300.